The van der Waals surface area contributed by atoms with Crippen molar-refractivity contribution >= 4 is 91.2 Å². The summed E-state index contributed by atoms with van der Waals surface area (Å²) in [4.78, 5) is 46.4. The van der Waals surface area contributed by atoms with Gasteiger partial charge in [-0.2, -0.15) is 0 Å². The molecule has 0 spiro atoms. The van der Waals surface area contributed by atoms with Crippen LogP contribution >= 0.6 is 68.0 Å². The minimum atomic E-state index is -0.0312. The van der Waals surface area contributed by atoms with E-state index in [0.29, 0.717) is 36.1 Å². The summed E-state index contributed by atoms with van der Waals surface area (Å²) in [5.41, 5.74) is 2.78. The molecule has 70 heavy (non-hydrogen) atoms. The maximum absolute atomic E-state index is 15.4. The van der Waals surface area contributed by atoms with E-state index >= 15 is 9.59 Å². The fourth-order valence-electron chi connectivity index (χ4n) is 9.47. The van der Waals surface area contributed by atoms with Gasteiger partial charge in [0, 0.05) is 52.1 Å². The molecule has 6 aromatic heterocycles. The van der Waals surface area contributed by atoms with Gasteiger partial charge in [-0.25, -0.2) is 0 Å². The fraction of sp³-hybridized carbons (Fsp3) is 0.483. The summed E-state index contributed by atoms with van der Waals surface area (Å²) in [6.45, 7) is 16.2. The third kappa shape index (κ3) is 12.3. The molecule has 0 fully saturated rings. The Kier molecular flexibility index (Phi) is 19.3. The molecule has 12 heteroatoms. The molecule has 6 nitrogen and oxygen atoms in total. The van der Waals surface area contributed by atoms with Crippen molar-refractivity contribution in [2.45, 2.75) is 144 Å². The molecule has 0 saturated carbocycles. The van der Waals surface area contributed by atoms with Gasteiger partial charge in [0.1, 0.15) is 0 Å². The molecule has 8 heterocycles. The highest BCUT2D eigenvalue weighted by molar-refractivity contribution is 7.28. The first-order valence-corrected chi connectivity index (χ1v) is 31.2. The number of thiophene rings is 6. The van der Waals surface area contributed by atoms with Crippen LogP contribution in [0.25, 0.3) is 50.4 Å². The number of nitrogens with zero attached hydrogens (tertiary/aromatic N) is 2. The SMILES string of the molecule is CCCCCCOc1ccc(-c2ccc(-c3ccc(C4=C5C(=O)N(CC(CC)CCCC)C(c6ccc(-c7ccc(-c8ccc(OCCCCCC)s8)s7)s6)=C5C(=O)N4CC(CC)CCCC)s3)s2)s1. The molecule has 2 unspecified atom stereocenters. The Hall–Kier alpha value is -3.78. The van der Waals surface area contributed by atoms with E-state index in [1.165, 1.54) is 67.8 Å². The molecule has 8 rings (SSSR count). The highest BCUT2D eigenvalue weighted by atomic mass is 32.1. The van der Waals surface area contributed by atoms with Gasteiger partial charge in [0.15, 0.2) is 10.1 Å². The van der Waals surface area contributed by atoms with Gasteiger partial charge in [-0.15, -0.1) is 45.3 Å². The predicted octanol–water partition coefficient (Wildman–Crippen LogP) is 18.9. The third-order valence-electron chi connectivity index (χ3n) is 13.7. The van der Waals surface area contributed by atoms with Gasteiger partial charge in [-0.1, -0.05) is 141 Å². The Balaban J connectivity index is 1.13. The molecule has 0 radical (unpaired) electrons. The van der Waals surface area contributed by atoms with Crippen molar-refractivity contribution in [3.63, 3.8) is 0 Å². The first-order valence-electron chi connectivity index (χ1n) is 26.3. The van der Waals surface area contributed by atoms with Crippen molar-refractivity contribution in [2.75, 3.05) is 26.3 Å². The third-order valence-corrected chi connectivity index (χ3v) is 20.8. The number of hydrogen-bond acceptors (Lipinski definition) is 10. The zero-order chi connectivity index (χ0) is 49.0. The van der Waals surface area contributed by atoms with Crippen molar-refractivity contribution in [2.24, 2.45) is 11.8 Å². The van der Waals surface area contributed by atoms with Gasteiger partial charge in [0.05, 0.1) is 45.5 Å². The number of hydrogen-bond donors (Lipinski definition) is 0. The molecule has 2 atom stereocenters. The number of fused-ring (bicyclic) bond motifs is 1. The van der Waals surface area contributed by atoms with Gasteiger partial charge in [0.2, 0.25) is 0 Å². The van der Waals surface area contributed by atoms with Gasteiger partial charge in [0.25, 0.3) is 11.8 Å². The summed E-state index contributed by atoms with van der Waals surface area (Å²) in [5, 5.41) is 1.94. The minimum absolute atomic E-state index is 0.0312. The summed E-state index contributed by atoms with van der Waals surface area (Å²) < 4.78 is 12.2. The second kappa shape index (κ2) is 25.7. The lowest BCUT2D eigenvalue weighted by atomic mass is 9.98. The van der Waals surface area contributed by atoms with Crippen molar-refractivity contribution < 1.29 is 19.1 Å². The van der Waals surface area contributed by atoms with Crippen molar-refractivity contribution in [3.8, 4) is 49.1 Å². The Labute approximate surface area is 442 Å². The van der Waals surface area contributed by atoms with E-state index in [0.717, 1.165) is 118 Å². The quantitative estimate of drug-likeness (QED) is 0.0422. The topological polar surface area (TPSA) is 59.1 Å². The van der Waals surface area contributed by atoms with Crippen LogP contribution in [0.2, 0.25) is 0 Å². The van der Waals surface area contributed by atoms with Gasteiger partial charge in [-0.3, -0.25) is 9.59 Å². The van der Waals surface area contributed by atoms with Crippen LogP contribution in [0.5, 0.6) is 10.1 Å². The average molecular weight is 1050 g/mol. The van der Waals surface area contributed by atoms with Crippen LogP contribution in [-0.2, 0) is 9.59 Å². The largest absolute Gasteiger partial charge is 0.484 e. The standard InChI is InChI=1S/C58H72N2O4S6/c1-7-13-17-19-35-63-51-33-31-47(69-51)45-25-23-41(65-45)43-27-29-49(67-43)55-53-54(58(62)59(55)37-39(11-5)21-15-9-3)56(60(57(53)61)38-40(12-6)22-16-10-4)50-30-28-44(68-50)42-24-26-46(66-42)48-32-34-52(70-48)64-36-20-18-14-8-2/h23-34,39-40H,7-22,35-38H2,1-6H3. The summed E-state index contributed by atoms with van der Waals surface area (Å²) in [5.74, 6) is 0.605. The number of amides is 2. The average Bonchev–Trinajstić information content (AvgIpc) is 4.23. The Bertz CT molecular complexity index is 2520. The number of unbranched alkanes of at least 4 members (excludes halogenated alkanes) is 8. The monoisotopic (exact) mass is 1050 g/mol. The lowest BCUT2D eigenvalue weighted by Gasteiger charge is -2.29. The summed E-state index contributed by atoms with van der Waals surface area (Å²) in [6.07, 6.45) is 18.1. The molecule has 0 bridgehead atoms. The highest BCUT2D eigenvalue weighted by Gasteiger charge is 2.50. The second-order valence-corrected chi connectivity index (χ2v) is 25.3. The maximum Gasteiger partial charge on any atom is 0.261 e. The molecule has 0 aromatic carbocycles. The molecule has 6 aromatic rings. The molecule has 0 N–H and O–H groups in total. The highest BCUT2D eigenvalue weighted by Crippen LogP contribution is 2.52. The Morgan fingerprint density at radius 2 is 0.700 bits per heavy atom. The normalized spacial score (nSPS) is 14.8. The van der Waals surface area contributed by atoms with Crippen molar-refractivity contribution in [1.82, 2.24) is 9.80 Å². The number of carbonyl (C=O) groups is 2. The van der Waals surface area contributed by atoms with E-state index in [1.54, 1.807) is 68.0 Å². The van der Waals surface area contributed by atoms with E-state index in [2.05, 4.69) is 114 Å². The second-order valence-electron chi connectivity index (χ2n) is 18.8. The van der Waals surface area contributed by atoms with Crippen LogP contribution in [0.4, 0.5) is 0 Å². The van der Waals surface area contributed by atoms with Gasteiger partial charge in [-0.05, 0) is 110 Å². The summed E-state index contributed by atoms with van der Waals surface area (Å²) in [6, 6.07) is 26.1. The maximum atomic E-state index is 15.4. The molecular formula is C58H72N2O4S6. The Morgan fingerprint density at radius 3 is 1.04 bits per heavy atom. The minimum Gasteiger partial charge on any atom is -0.484 e. The molecule has 2 amide bonds. The van der Waals surface area contributed by atoms with E-state index in [4.69, 9.17) is 9.47 Å². The Morgan fingerprint density at radius 1 is 0.386 bits per heavy atom. The van der Waals surface area contributed by atoms with Crippen LogP contribution in [0.1, 0.15) is 154 Å². The summed E-state index contributed by atoms with van der Waals surface area (Å²) in [7, 11) is 0. The van der Waals surface area contributed by atoms with E-state index in [1.807, 2.05) is 9.80 Å². The zero-order valence-corrected chi connectivity index (χ0v) is 47.1. The van der Waals surface area contributed by atoms with E-state index < -0.39 is 0 Å². The molecule has 374 valence electrons. The van der Waals surface area contributed by atoms with E-state index in [9.17, 15) is 0 Å². The number of carbonyl (C=O) groups excluding carboxylic acids is 2. The molecule has 0 aliphatic carbocycles. The molecule has 0 saturated heterocycles. The fourth-order valence-corrected chi connectivity index (χ4v) is 15.7. The van der Waals surface area contributed by atoms with Crippen molar-refractivity contribution in [3.05, 3.63) is 93.7 Å². The van der Waals surface area contributed by atoms with Gasteiger partial charge < -0.3 is 19.3 Å². The lowest BCUT2D eigenvalue weighted by Crippen LogP contribution is -2.34. The van der Waals surface area contributed by atoms with Crippen LogP contribution in [-0.4, -0.2) is 47.9 Å². The molecule has 2 aliphatic heterocycles. The number of ether oxygens (including phenoxy) is 2. The summed E-state index contributed by atoms with van der Waals surface area (Å²) >= 11 is 10.4. The lowest BCUT2D eigenvalue weighted by molar-refractivity contribution is -0.124. The van der Waals surface area contributed by atoms with E-state index in [-0.39, 0.29) is 11.8 Å². The molecule has 2 aliphatic rings. The zero-order valence-electron chi connectivity index (χ0n) is 42.2. The van der Waals surface area contributed by atoms with Crippen molar-refractivity contribution in [1.29, 1.82) is 0 Å². The number of rotatable bonds is 30. The first kappa shape index (κ1) is 52.5. The van der Waals surface area contributed by atoms with Crippen LogP contribution in [0.3, 0.4) is 0 Å². The van der Waals surface area contributed by atoms with Crippen LogP contribution < -0.4 is 9.47 Å². The van der Waals surface area contributed by atoms with Crippen LogP contribution in [0, 0.1) is 11.8 Å². The first-order chi connectivity index (χ1) is 34.3. The smallest absolute Gasteiger partial charge is 0.261 e. The van der Waals surface area contributed by atoms with Gasteiger partial charge >= 0.3 is 0 Å². The predicted molar refractivity (Wildman–Crippen MR) is 305 cm³/mol. The molecular weight excluding hydrogens is 981 g/mol. The van der Waals surface area contributed by atoms with Crippen LogP contribution in [0.15, 0.2) is 83.9 Å².